The Labute approximate surface area is 89.8 Å². The fraction of sp³-hybridized carbons (Fsp3) is 0.250. The van der Waals surface area contributed by atoms with Crippen LogP contribution in [0.1, 0.15) is 13.8 Å². The molecule has 0 aliphatic rings. The average molecular weight is 201 g/mol. The summed E-state index contributed by atoms with van der Waals surface area (Å²) >= 11 is 0. The molecule has 2 aromatic rings. The maximum absolute atomic E-state index is 4.02. The Kier molecular flexibility index (Phi) is 2.72. The van der Waals surface area contributed by atoms with Gasteiger partial charge in [0.15, 0.2) is 0 Å². The monoisotopic (exact) mass is 201 g/mol. The molecule has 1 aromatic carbocycles. The Morgan fingerprint density at radius 2 is 1.93 bits per heavy atom. The van der Waals surface area contributed by atoms with Gasteiger partial charge in [0.25, 0.3) is 0 Å². The van der Waals surface area contributed by atoms with Gasteiger partial charge in [-0.3, -0.25) is 0 Å². The van der Waals surface area contributed by atoms with E-state index in [4.69, 9.17) is 0 Å². The minimum absolute atomic E-state index is 0.462. The molecule has 1 aromatic heterocycles. The molecule has 0 bridgehead atoms. The third-order valence-corrected chi connectivity index (χ3v) is 2.13. The van der Waals surface area contributed by atoms with Gasteiger partial charge in [-0.2, -0.15) is 0 Å². The van der Waals surface area contributed by atoms with E-state index < -0.39 is 0 Å². The minimum Gasteiger partial charge on any atom is -0.383 e. The summed E-state index contributed by atoms with van der Waals surface area (Å²) in [5.41, 5.74) is 2.27. The van der Waals surface area contributed by atoms with Gasteiger partial charge in [0, 0.05) is 29.8 Å². The Morgan fingerprint density at radius 3 is 2.47 bits per heavy atom. The fourth-order valence-corrected chi connectivity index (χ4v) is 1.47. The number of anilines is 1. The predicted octanol–water partition coefficient (Wildman–Crippen LogP) is 2.69. The van der Waals surface area contributed by atoms with Crippen LogP contribution in [0.15, 0.2) is 43.0 Å². The lowest BCUT2D eigenvalue weighted by Gasteiger charge is -2.10. The topological polar surface area (TPSA) is 29.9 Å². The third kappa shape index (κ3) is 2.37. The molecule has 0 radical (unpaired) electrons. The van der Waals surface area contributed by atoms with Gasteiger partial charge in [-0.1, -0.05) is 0 Å². The second kappa shape index (κ2) is 4.17. The summed E-state index contributed by atoms with van der Waals surface area (Å²) in [5, 5.41) is 3.35. The Morgan fingerprint density at radius 1 is 1.20 bits per heavy atom. The van der Waals surface area contributed by atoms with E-state index >= 15 is 0 Å². The summed E-state index contributed by atoms with van der Waals surface area (Å²) in [7, 11) is 0. The zero-order valence-electron chi connectivity index (χ0n) is 9.01. The van der Waals surface area contributed by atoms with Crippen LogP contribution >= 0.6 is 0 Å². The van der Waals surface area contributed by atoms with E-state index in [1.807, 2.05) is 10.8 Å². The summed E-state index contributed by atoms with van der Waals surface area (Å²) in [5.74, 6) is 0. The second-order valence-corrected chi connectivity index (χ2v) is 3.82. The van der Waals surface area contributed by atoms with E-state index in [2.05, 4.69) is 48.4 Å². The summed E-state index contributed by atoms with van der Waals surface area (Å²) in [6, 6.07) is 8.77. The van der Waals surface area contributed by atoms with Crippen molar-refractivity contribution in [2.24, 2.45) is 0 Å². The molecule has 0 saturated heterocycles. The van der Waals surface area contributed by atoms with Gasteiger partial charge in [-0.25, -0.2) is 4.98 Å². The lowest BCUT2D eigenvalue weighted by Crippen LogP contribution is -2.09. The van der Waals surface area contributed by atoms with Crippen LogP contribution in [-0.2, 0) is 0 Å². The van der Waals surface area contributed by atoms with Crippen molar-refractivity contribution in [1.82, 2.24) is 9.55 Å². The largest absolute Gasteiger partial charge is 0.383 e. The Balaban J connectivity index is 2.17. The summed E-state index contributed by atoms with van der Waals surface area (Å²) in [4.78, 5) is 4.02. The van der Waals surface area contributed by atoms with Crippen molar-refractivity contribution < 1.29 is 0 Å². The number of benzene rings is 1. The van der Waals surface area contributed by atoms with Gasteiger partial charge in [0.2, 0.25) is 0 Å². The smallest absolute Gasteiger partial charge is 0.0991 e. The summed E-state index contributed by atoms with van der Waals surface area (Å²) in [6.07, 6.45) is 5.51. The van der Waals surface area contributed by atoms with Gasteiger partial charge in [0.1, 0.15) is 0 Å². The molecule has 3 heteroatoms. The van der Waals surface area contributed by atoms with Crippen molar-refractivity contribution in [3.05, 3.63) is 43.0 Å². The SMILES string of the molecule is CC(C)Nc1ccc(-n2ccnc2)cc1. The molecule has 0 saturated carbocycles. The lowest BCUT2D eigenvalue weighted by atomic mass is 10.2. The molecule has 1 N–H and O–H groups in total. The van der Waals surface area contributed by atoms with Crippen LogP contribution in [0.5, 0.6) is 0 Å². The first-order chi connectivity index (χ1) is 7.25. The highest BCUT2D eigenvalue weighted by atomic mass is 15.0. The van der Waals surface area contributed by atoms with Crippen LogP contribution in [0.25, 0.3) is 5.69 Å². The van der Waals surface area contributed by atoms with Gasteiger partial charge in [-0.05, 0) is 38.1 Å². The number of hydrogen-bond donors (Lipinski definition) is 1. The van der Waals surface area contributed by atoms with E-state index in [-0.39, 0.29) is 0 Å². The number of aromatic nitrogens is 2. The first kappa shape index (κ1) is 9.77. The zero-order chi connectivity index (χ0) is 10.7. The van der Waals surface area contributed by atoms with Crippen LogP contribution in [0.3, 0.4) is 0 Å². The average Bonchev–Trinajstić information content (AvgIpc) is 2.71. The van der Waals surface area contributed by atoms with Crippen molar-refractivity contribution in [1.29, 1.82) is 0 Å². The van der Waals surface area contributed by atoms with Crippen molar-refractivity contribution in [3.8, 4) is 5.69 Å². The van der Waals surface area contributed by atoms with Gasteiger partial charge >= 0.3 is 0 Å². The molecule has 78 valence electrons. The normalized spacial score (nSPS) is 10.6. The van der Waals surface area contributed by atoms with Gasteiger partial charge in [0.05, 0.1) is 6.33 Å². The van der Waals surface area contributed by atoms with Crippen molar-refractivity contribution >= 4 is 5.69 Å². The first-order valence-corrected chi connectivity index (χ1v) is 5.10. The molecule has 1 heterocycles. The molecular formula is C12H15N3. The van der Waals surface area contributed by atoms with E-state index in [0.29, 0.717) is 6.04 Å². The molecule has 3 nitrogen and oxygen atoms in total. The number of nitrogens with zero attached hydrogens (tertiary/aromatic N) is 2. The van der Waals surface area contributed by atoms with Crippen molar-refractivity contribution in [2.75, 3.05) is 5.32 Å². The van der Waals surface area contributed by atoms with Gasteiger partial charge < -0.3 is 9.88 Å². The van der Waals surface area contributed by atoms with Crippen molar-refractivity contribution in [2.45, 2.75) is 19.9 Å². The van der Waals surface area contributed by atoms with Crippen LogP contribution in [0.4, 0.5) is 5.69 Å². The van der Waals surface area contributed by atoms with Crippen molar-refractivity contribution in [3.63, 3.8) is 0 Å². The molecule has 2 rings (SSSR count). The van der Waals surface area contributed by atoms with Gasteiger partial charge in [-0.15, -0.1) is 0 Å². The molecule has 15 heavy (non-hydrogen) atoms. The Bertz CT molecular complexity index is 401. The van der Waals surface area contributed by atoms with Crippen LogP contribution in [0.2, 0.25) is 0 Å². The molecule has 0 unspecified atom stereocenters. The van der Waals surface area contributed by atoms with E-state index in [1.54, 1.807) is 12.5 Å². The zero-order valence-corrected chi connectivity index (χ0v) is 9.01. The standard InChI is InChI=1S/C12H15N3/c1-10(2)14-11-3-5-12(6-4-11)15-8-7-13-9-15/h3-10,14H,1-2H3. The molecule has 0 amide bonds. The lowest BCUT2D eigenvalue weighted by molar-refractivity contribution is 0.899. The highest BCUT2D eigenvalue weighted by Crippen LogP contribution is 2.13. The summed E-state index contributed by atoms with van der Waals surface area (Å²) < 4.78 is 1.99. The molecule has 0 aliphatic carbocycles. The third-order valence-electron chi connectivity index (χ3n) is 2.13. The summed E-state index contributed by atoms with van der Waals surface area (Å²) in [6.45, 7) is 4.26. The fourth-order valence-electron chi connectivity index (χ4n) is 1.47. The second-order valence-electron chi connectivity index (χ2n) is 3.82. The quantitative estimate of drug-likeness (QED) is 0.827. The van der Waals surface area contributed by atoms with Crippen LogP contribution < -0.4 is 5.32 Å². The highest BCUT2D eigenvalue weighted by Gasteiger charge is 1.97. The number of hydrogen-bond acceptors (Lipinski definition) is 2. The molecular weight excluding hydrogens is 186 g/mol. The highest BCUT2D eigenvalue weighted by molar-refractivity contribution is 5.49. The Hall–Kier alpha value is -1.77. The number of nitrogens with one attached hydrogen (secondary N) is 1. The van der Waals surface area contributed by atoms with E-state index in [1.165, 1.54) is 0 Å². The number of rotatable bonds is 3. The predicted molar refractivity (Wildman–Crippen MR) is 62.3 cm³/mol. The number of imidazole rings is 1. The maximum atomic E-state index is 4.02. The molecule has 0 aliphatic heterocycles. The van der Waals surface area contributed by atoms with E-state index in [9.17, 15) is 0 Å². The molecule has 0 atom stereocenters. The first-order valence-electron chi connectivity index (χ1n) is 5.10. The van der Waals surface area contributed by atoms with Crippen LogP contribution in [-0.4, -0.2) is 15.6 Å². The van der Waals surface area contributed by atoms with Crippen LogP contribution in [0, 0.1) is 0 Å². The minimum atomic E-state index is 0.462. The molecule has 0 fully saturated rings. The maximum Gasteiger partial charge on any atom is 0.0991 e. The molecule has 0 spiro atoms. The van der Waals surface area contributed by atoms with E-state index in [0.717, 1.165) is 11.4 Å².